The van der Waals surface area contributed by atoms with Gasteiger partial charge in [-0.15, -0.1) is 0 Å². The Kier molecular flexibility index (Phi) is 5.24. The van der Waals surface area contributed by atoms with E-state index in [-0.39, 0.29) is 10.7 Å². The van der Waals surface area contributed by atoms with Gasteiger partial charge in [0.05, 0.1) is 10.6 Å². The zero-order valence-corrected chi connectivity index (χ0v) is 16.5. The number of halogens is 1. The largest absolute Gasteiger partial charge is 0.345 e. The molecule has 0 aliphatic rings. The van der Waals surface area contributed by atoms with Gasteiger partial charge in [-0.25, -0.2) is 13.6 Å². The molecule has 27 heavy (non-hydrogen) atoms. The van der Waals surface area contributed by atoms with E-state index in [1.54, 1.807) is 12.1 Å². The second-order valence-corrected chi connectivity index (χ2v) is 8.41. The summed E-state index contributed by atoms with van der Waals surface area (Å²) in [6, 6.07) is 15.5. The third kappa shape index (κ3) is 4.13. The van der Waals surface area contributed by atoms with E-state index in [0.717, 1.165) is 16.8 Å². The molecule has 0 saturated heterocycles. The summed E-state index contributed by atoms with van der Waals surface area (Å²) in [5.74, 6) is -0.0561. The molecule has 2 aromatic carbocycles. The van der Waals surface area contributed by atoms with Crippen LogP contribution in [0.15, 0.2) is 59.5 Å². The summed E-state index contributed by atoms with van der Waals surface area (Å²) >= 11 is 6.22. The van der Waals surface area contributed by atoms with Crippen molar-refractivity contribution in [3.8, 4) is 0 Å². The lowest BCUT2D eigenvalue weighted by molar-refractivity contribution is 0.103. The maximum Gasteiger partial charge on any atom is 0.238 e. The van der Waals surface area contributed by atoms with Gasteiger partial charge in [-0.1, -0.05) is 47.5 Å². The average Bonchev–Trinajstić information content (AvgIpc) is 2.96. The van der Waals surface area contributed by atoms with Crippen LogP contribution in [-0.4, -0.2) is 18.8 Å². The zero-order valence-electron chi connectivity index (χ0n) is 14.9. The summed E-state index contributed by atoms with van der Waals surface area (Å²) in [5.41, 5.74) is 3.93. The number of primary sulfonamides is 1. The highest BCUT2D eigenvalue weighted by Gasteiger charge is 2.16. The number of hydrogen-bond acceptors (Lipinski definition) is 3. The van der Waals surface area contributed by atoms with Gasteiger partial charge in [0.1, 0.15) is 0 Å². The quantitative estimate of drug-likeness (QED) is 0.663. The van der Waals surface area contributed by atoms with Gasteiger partial charge in [0.15, 0.2) is 0 Å². The highest BCUT2D eigenvalue weighted by Crippen LogP contribution is 2.24. The number of nitrogens with two attached hydrogens (primary N) is 1. The van der Waals surface area contributed by atoms with Crippen LogP contribution >= 0.6 is 11.6 Å². The number of carbonyl (C=O) groups is 1. The maximum atomic E-state index is 12.7. The first-order chi connectivity index (χ1) is 12.7. The smallest absolute Gasteiger partial charge is 0.238 e. The Bertz CT molecular complexity index is 1120. The van der Waals surface area contributed by atoms with E-state index in [9.17, 15) is 13.2 Å². The summed E-state index contributed by atoms with van der Waals surface area (Å²) in [6.45, 7) is 1.97. The van der Waals surface area contributed by atoms with Crippen LogP contribution in [0.3, 0.4) is 0 Å². The van der Waals surface area contributed by atoms with Crippen molar-refractivity contribution >= 4 is 27.4 Å². The Labute approximate surface area is 163 Å². The maximum absolute atomic E-state index is 12.7. The summed E-state index contributed by atoms with van der Waals surface area (Å²) < 4.78 is 24.7. The first-order valence-electron chi connectivity index (χ1n) is 8.24. The van der Waals surface area contributed by atoms with E-state index in [2.05, 4.69) is 0 Å². The lowest BCUT2D eigenvalue weighted by atomic mass is 10.1. The van der Waals surface area contributed by atoms with Crippen molar-refractivity contribution in [1.29, 1.82) is 0 Å². The number of hydrogen-bond donors (Lipinski definition) is 1. The lowest BCUT2D eigenvalue weighted by Crippen LogP contribution is -2.12. The molecule has 0 spiro atoms. The third-order valence-electron chi connectivity index (χ3n) is 4.50. The summed E-state index contributed by atoms with van der Waals surface area (Å²) in [7, 11) is -1.98. The van der Waals surface area contributed by atoms with Crippen LogP contribution in [-0.2, 0) is 23.5 Å². The van der Waals surface area contributed by atoms with Crippen LogP contribution in [0.1, 0.15) is 32.9 Å². The molecule has 3 aromatic rings. The number of nitrogens with zero attached hydrogens (tertiary/aromatic N) is 1. The lowest BCUT2D eigenvalue weighted by Gasteiger charge is -2.10. The number of aryl methyl sites for hydroxylation is 1. The van der Waals surface area contributed by atoms with E-state index < -0.39 is 10.0 Å². The Morgan fingerprint density at radius 2 is 1.74 bits per heavy atom. The fourth-order valence-corrected chi connectivity index (χ4v) is 3.71. The van der Waals surface area contributed by atoms with Crippen molar-refractivity contribution in [3.63, 3.8) is 0 Å². The van der Waals surface area contributed by atoms with E-state index in [4.69, 9.17) is 16.7 Å². The Balaban J connectivity index is 1.88. The second kappa shape index (κ2) is 7.31. The SMILES string of the molecule is Cc1ccc(C(=O)c2ccc(Cc3ccc(S(N)(=O)=O)cc3Cl)n2C)cc1. The molecule has 0 radical (unpaired) electrons. The van der Waals surface area contributed by atoms with Crippen LogP contribution < -0.4 is 5.14 Å². The molecule has 0 fully saturated rings. The molecule has 1 heterocycles. The van der Waals surface area contributed by atoms with Crippen LogP contribution in [0.4, 0.5) is 0 Å². The predicted molar refractivity (Wildman–Crippen MR) is 106 cm³/mol. The van der Waals surface area contributed by atoms with Crippen LogP contribution in [0, 0.1) is 6.92 Å². The molecule has 2 N–H and O–H groups in total. The molecular weight excluding hydrogens is 384 g/mol. The first-order valence-corrected chi connectivity index (χ1v) is 10.2. The van der Waals surface area contributed by atoms with Gasteiger partial charge >= 0.3 is 0 Å². The fraction of sp³-hybridized carbons (Fsp3) is 0.150. The Morgan fingerprint density at radius 1 is 1.07 bits per heavy atom. The second-order valence-electron chi connectivity index (χ2n) is 6.44. The molecule has 5 nitrogen and oxygen atoms in total. The highest BCUT2D eigenvalue weighted by atomic mass is 35.5. The summed E-state index contributed by atoms with van der Waals surface area (Å²) in [5, 5.41) is 5.44. The summed E-state index contributed by atoms with van der Waals surface area (Å²) in [4.78, 5) is 12.7. The van der Waals surface area contributed by atoms with Gasteiger partial charge in [0, 0.05) is 29.7 Å². The van der Waals surface area contributed by atoms with Crippen molar-refractivity contribution in [2.24, 2.45) is 12.2 Å². The Morgan fingerprint density at radius 3 is 2.33 bits per heavy atom. The normalized spacial score (nSPS) is 11.6. The molecule has 0 amide bonds. The molecule has 3 rings (SSSR count). The van der Waals surface area contributed by atoms with Gasteiger partial charge in [-0.2, -0.15) is 0 Å². The van der Waals surface area contributed by atoms with Crippen molar-refractivity contribution in [2.75, 3.05) is 0 Å². The zero-order chi connectivity index (χ0) is 19.8. The van der Waals surface area contributed by atoms with E-state index in [0.29, 0.717) is 22.7 Å². The minimum absolute atomic E-state index is 0.0293. The van der Waals surface area contributed by atoms with Crippen LogP contribution in [0.2, 0.25) is 5.02 Å². The van der Waals surface area contributed by atoms with Gasteiger partial charge in [-0.3, -0.25) is 4.79 Å². The first kappa shape index (κ1) is 19.4. The van der Waals surface area contributed by atoms with Gasteiger partial charge in [0.2, 0.25) is 15.8 Å². The van der Waals surface area contributed by atoms with Crippen molar-refractivity contribution < 1.29 is 13.2 Å². The molecule has 0 aliphatic carbocycles. The molecule has 0 aliphatic heterocycles. The molecule has 1 aromatic heterocycles. The minimum atomic E-state index is -3.80. The molecule has 0 bridgehead atoms. The van der Waals surface area contributed by atoms with Gasteiger partial charge < -0.3 is 4.57 Å². The summed E-state index contributed by atoms with van der Waals surface area (Å²) in [6.07, 6.45) is 0.460. The highest BCUT2D eigenvalue weighted by molar-refractivity contribution is 7.89. The third-order valence-corrected chi connectivity index (χ3v) is 5.76. The average molecular weight is 403 g/mol. The van der Waals surface area contributed by atoms with Crippen LogP contribution in [0.5, 0.6) is 0 Å². The van der Waals surface area contributed by atoms with Gasteiger partial charge in [0.25, 0.3) is 0 Å². The molecule has 0 unspecified atom stereocenters. The predicted octanol–water partition coefficient (Wildman–Crippen LogP) is 3.46. The van der Waals surface area contributed by atoms with Crippen LogP contribution in [0.25, 0.3) is 0 Å². The number of rotatable bonds is 5. The van der Waals surface area contributed by atoms with Gasteiger partial charge in [-0.05, 0) is 36.8 Å². The number of carbonyl (C=O) groups excluding carboxylic acids is 1. The van der Waals surface area contributed by atoms with E-state index in [1.165, 1.54) is 12.1 Å². The van der Waals surface area contributed by atoms with Crippen molar-refractivity contribution in [3.05, 3.63) is 87.7 Å². The topological polar surface area (TPSA) is 82.2 Å². The molecule has 7 heteroatoms. The molecule has 140 valence electrons. The van der Waals surface area contributed by atoms with E-state index >= 15 is 0 Å². The molecule has 0 atom stereocenters. The number of sulfonamides is 1. The van der Waals surface area contributed by atoms with E-state index in [1.807, 2.05) is 48.9 Å². The minimum Gasteiger partial charge on any atom is -0.345 e. The Hall–Kier alpha value is -2.41. The standard InChI is InChI=1S/C20H19ClN2O3S/c1-13-3-5-14(6-4-13)20(24)19-10-8-16(23(19)2)11-15-7-9-17(12-18(15)21)27(22,25)26/h3-10,12H,11H2,1-2H3,(H2,22,25,26). The number of benzene rings is 2. The van der Waals surface area contributed by atoms with Crippen molar-refractivity contribution in [2.45, 2.75) is 18.2 Å². The monoisotopic (exact) mass is 402 g/mol. The number of aromatic nitrogens is 1. The fourth-order valence-electron chi connectivity index (χ4n) is 2.86. The molecule has 0 saturated carbocycles. The number of ketones is 1. The molecular formula is C20H19ClN2O3S. The van der Waals surface area contributed by atoms with Crippen molar-refractivity contribution in [1.82, 2.24) is 4.57 Å².